The highest BCUT2D eigenvalue weighted by Crippen LogP contribution is 2.10. The van der Waals surface area contributed by atoms with Crippen molar-refractivity contribution in [2.24, 2.45) is 4.99 Å². The number of nitrogens with one attached hydrogen (secondary N) is 2. The molecule has 3 rings (SSSR count). The normalized spacial score (nSPS) is 11.2. The Morgan fingerprint density at radius 2 is 1.86 bits per heavy atom. The number of halogens is 1. The molecule has 156 valence electrons. The molecule has 29 heavy (non-hydrogen) atoms. The first-order chi connectivity index (χ1) is 13.8. The van der Waals surface area contributed by atoms with Gasteiger partial charge < -0.3 is 15.2 Å². The van der Waals surface area contributed by atoms with Crippen molar-refractivity contribution in [2.45, 2.75) is 39.4 Å². The van der Waals surface area contributed by atoms with Crippen LogP contribution in [-0.4, -0.2) is 38.9 Å². The molecule has 2 N–H and O–H groups in total. The van der Waals surface area contributed by atoms with Crippen LogP contribution in [0.3, 0.4) is 0 Å². The van der Waals surface area contributed by atoms with Gasteiger partial charge >= 0.3 is 0 Å². The topological polar surface area (TPSA) is 72.1 Å². The van der Waals surface area contributed by atoms with Crippen molar-refractivity contribution in [3.8, 4) is 0 Å². The van der Waals surface area contributed by atoms with Gasteiger partial charge in [0.05, 0.1) is 6.54 Å². The first kappa shape index (κ1) is 22.9. The van der Waals surface area contributed by atoms with Crippen LogP contribution in [0.25, 0.3) is 0 Å². The van der Waals surface area contributed by atoms with Crippen LogP contribution in [0.5, 0.6) is 0 Å². The van der Waals surface area contributed by atoms with Crippen LogP contribution in [0.4, 0.5) is 0 Å². The van der Waals surface area contributed by atoms with Crippen LogP contribution in [0.1, 0.15) is 29.8 Å². The number of benzene rings is 1. The number of imidazole rings is 1. The minimum atomic E-state index is 0. The molecule has 0 saturated heterocycles. The van der Waals surface area contributed by atoms with Crippen LogP contribution in [0.15, 0.2) is 60.1 Å². The lowest BCUT2D eigenvalue weighted by Crippen LogP contribution is -2.37. The molecule has 1 aromatic carbocycles. The maximum atomic E-state index is 4.33. The first-order valence-corrected chi connectivity index (χ1v) is 9.72. The molecule has 0 unspecified atom stereocenters. The lowest BCUT2D eigenvalue weighted by molar-refractivity contribution is 0.588. The molecule has 2 aromatic heterocycles. The average Bonchev–Trinajstić information content (AvgIpc) is 3.37. The summed E-state index contributed by atoms with van der Waals surface area (Å²) < 4.78 is 4.12. The Hall–Kier alpha value is -2.36. The molecule has 0 aliphatic carbocycles. The fourth-order valence-corrected chi connectivity index (χ4v) is 3.11. The molecule has 0 radical (unpaired) electrons. The average molecular weight is 507 g/mol. The quantitative estimate of drug-likeness (QED) is 0.202. The molecule has 3 aromatic rings. The maximum Gasteiger partial charge on any atom is 0.191 e. The molecule has 8 heteroatoms. The summed E-state index contributed by atoms with van der Waals surface area (Å²) in [6.45, 7) is 5.42. The molecule has 0 aliphatic rings. The van der Waals surface area contributed by atoms with Crippen LogP contribution in [0, 0.1) is 6.92 Å². The van der Waals surface area contributed by atoms with E-state index in [4.69, 9.17) is 0 Å². The fraction of sp³-hybridized carbons (Fsp3) is 0.381. The zero-order valence-electron chi connectivity index (χ0n) is 17.1. The summed E-state index contributed by atoms with van der Waals surface area (Å²) >= 11 is 0. The Labute approximate surface area is 189 Å². The fourth-order valence-electron chi connectivity index (χ4n) is 3.11. The van der Waals surface area contributed by atoms with E-state index in [0.717, 1.165) is 50.8 Å². The van der Waals surface area contributed by atoms with E-state index in [1.165, 1.54) is 11.1 Å². The molecule has 0 saturated carbocycles. The molecule has 0 bridgehead atoms. The summed E-state index contributed by atoms with van der Waals surface area (Å²) in [5.41, 5.74) is 2.50. The molecular weight excluding hydrogens is 477 g/mol. The number of aryl methyl sites for hydroxylation is 2. The molecule has 7 nitrogen and oxygen atoms in total. The zero-order chi connectivity index (χ0) is 19.6. The Morgan fingerprint density at radius 3 is 2.55 bits per heavy atom. The standard InChI is InChI=1S/C21H29N7.HI/c1-18-23-12-15-27(18)13-6-5-10-24-21(22-2)25-16-19-8-3-4-9-20(19)17-28-14-7-11-26-28;/h3-4,7-9,11-12,14-15H,5-6,10,13,16-17H2,1-2H3,(H2,22,24,25);1H. The van der Waals surface area contributed by atoms with Gasteiger partial charge in [-0.1, -0.05) is 24.3 Å². The van der Waals surface area contributed by atoms with Crippen molar-refractivity contribution in [1.82, 2.24) is 30.0 Å². The molecule has 0 amide bonds. The number of hydrogen-bond donors (Lipinski definition) is 2. The predicted octanol–water partition coefficient (Wildman–Crippen LogP) is 3.20. The minimum absolute atomic E-state index is 0. The Bertz CT molecular complexity index is 871. The molecule has 0 atom stereocenters. The lowest BCUT2D eigenvalue weighted by atomic mass is 10.1. The van der Waals surface area contributed by atoms with Gasteiger partial charge in [-0.2, -0.15) is 5.10 Å². The third-order valence-electron chi connectivity index (χ3n) is 4.72. The van der Waals surface area contributed by atoms with Crippen molar-refractivity contribution in [1.29, 1.82) is 0 Å². The predicted molar refractivity (Wildman–Crippen MR) is 128 cm³/mol. The van der Waals surface area contributed by atoms with E-state index < -0.39 is 0 Å². The lowest BCUT2D eigenvalue weighted by Gasteiger charge is -2.14. The van der Waals surface area contributed by atoms with Gasteiger partial charge in [0.25, 0.3) is 0 Å². The van der Waals surface area contributed by atoms with E-state index in [1.54, 1.807) is 13.2 Å². The van der Waals surface area contributed by atoms with E-state index in [-0.39, 0.29) is 24.0 Å². The molecule has 0 spiro atoms. The zero-order valence-corrected chi connectivity index (χ0v) is 19.4. The third-order valence-corrected chi connectivity index (χ3v) is 4.72. The van der Waals surface area contributed by atoms with Crippen molar-refractivity contribution in [3.05, 3.63) is 72.1 Å². The number of guanidine groups is 1. The third kappa shape index (κ3) is 7.19. The van der Waals surface area contributed by atoms with Gasteiger partial charge in [0.15, 0.2) is 5.96 Å². The van der Waals surface area contributed by atoms with Gasteiger partial charge in [-0.15, -0.1) is 24.0 Å². The monoisotopic (exact) mass is 507 g/mol. The van der Waals surface area contributed by atoms with Crippen LogP contribution >= 0.6 is 24.0 Å². The van der Waals surface area contributed by atoms with E-state index in [1.807, 2.05) is 36.3 Å². The van der Waals surface area contributed by atoms with Gasteiger partial charge in [-0.05, 0) is 37.0 Å². The van der Waals surface area contributed by atoms with Gasteiger partial charge in [0.1, 0.15) is 5.82 Å². The van der Waals surface area contributed by atoms with E-state index in [2.05, 4.69) is 54.5 Å². The number of nitrogens with zero attached hydrogens (tertiary/aromatic N) is 5. The number of aromatic nitrogens is 4. The Kier molecular flexibility index (Phi) is 9.69. The Morgan fingerprint density at radius 1 is 1.03 bits per heavy atom. The smallest absolute Gasteiger partial charge is 0.191 e. The van der Waals surface area contributed by atoms with E-state index in [0.29, 0.717) is 0 Å². The van der Waals surface area contributed by atoms with Crippen molar-refractivity contribution < 1.29 is 0 Å². The van der Waals surface area contributed by atoms with Gasteiger partial charge in [-0.3, -0.25) is 9.67 Å². The van der Waals surface area contributed by atoms with Gasteiger partial charge in [-0.25, -0.2) is 4.98 Å². The second-order valence-electron chi connectivity index (χ2n) is 6.70. The minimum Gasteiger partial charge on any atom is -0.356 e. The number of rotatable bonds is 9. The SMILES string of the molecule is CN=C(NCCCCn1ccnc1C)NCc1ccccc1Cn1cccn1.I. The summed E-state index contributed by atoms with van der Waals surface area (Å²) in [6.07, 6.45) is 9.85. The summed E-state index contributed by atoms with van der Waals surface area (Å²) in [6, 6.07) is 10.4. The second-order valence-corrected chi connectivity index (χ2v) is 6.70. The highest BCUT2D eigenvalue weighted by molar-refractivity contribution is 14.0. The first-order valence-electron chi connectivity index (χ1n) is 9.72. The van der Waals surface area contributed by atoms with Crippen molar-refractivity contribution in [3.63, 3.8) is 0 Å². The molecular formula is C21H30IN7. The van der Waals surface area contributed by atoms with E-state index >= 15 is 0 Å². The molecule has 2 heterocycles. The summed E-state index contributed by atoms with van der Waals surface area (Å²) in [5, 5.41) is 11.1. The van der Waals surface area contributed by atoms with E-state index in [9.17, 15) is 0 Å². The van der Waals surface area contributed by atoms with Crippen LogP contribution < -0.4 is 10.6 Å². The molecule has 0 fully saturated rings. The Balaban J connectivity index is 0.00000300. The number of unbranched alkanes of at least 4 members (excludes halogenated alkanes) is 1. The highest BCUT2D eigenvalue weighted by Gasteiger charge is 2.05. The molecule has 0 aliphatic heterocycles. The largest absolute Gasteiger partial charge is 0.356 e. The van der Waals surface area contributed by atoms with Crippen LogP contribution in [-0.2, 0) is 19.6 Å². The van der Waals surface area contributed by atoms with Crippen LogP contribution in [0.2, 0.25) is 0 Å². The second kappa shape index (κ2) is 12.3. The van der Waals surface area contributed by atoms with Crippen molar-refractivity contribution >= 4 is 29.9 Å². The summed E-state index contributed by atoms with van der Waals surface area (Å²) in [7, 11) is 1.81. The van der Waals surface area contributed by atoms with Gasteiger partial charge in [0, 0.05) is 51.5 Å². The number of hydrogen-bond acceptors (Lipinski definition) is 3. The highest BCUT2D eigenvalue weighted by atomic mass is 127. The number of aliphatic imine (C=N–C) groups is 1. The summed E-state index contributed by atoms with van der Waals surface area (Å²) in [4.78, 5) is 8.59. The van der Waals surface area contributed by atoms with Gasteiger partial charge in [0.2, 0.25) is 0 Å². The summed E-state index contributed by atoms with van der Waals surface area (Å²) in [5.74, 6) is 1.90. The maximum absolute atomic E-state index is 4.33. The van der Waals surface area contributed by atoms with Crippen molar-refractivity contribution in [2.75, 3.05) is 13.6 Å².